The predicted octanol–water partition coefficient (Wildman–Crippen LogP) is 0.576. The van der Waals surface area contributed by atoms with Crippen molar-refractivity contribution >= 4 is 5.96 Å². The summed E-state index contributed by atoms with van der Waals surface area (Å²) in [6.07, 6.45) is 0. The van der Waals surface area contributed by atoms with E-state index in [-0.39, 0.29) is 0 Å². The summed E-state index contributed by atoms with van der Waals surface area (Å²) in [7, 11) is 5.27. The summed E-state index contributed by atoms with van der Waals surface area (Å²) in [5, 5.41) is 0. The van der Waals surface area contributed by atoms with E-state index in [9.17, 15) is 0 Å². The molecular formula is C11H18N4O. The van der Waals surface area contributed by atoms with Crippen molar-refractivity contribution in [3.63, 3.8) is 0 Å². The van der Waals surface area contributed by atoms with E-state index in [0.29, 0.717) is 12.5 Å². The van der Waals surface area contributed by atoms with Crippen LogP contribution in [0.3, 0.4) is 0 Å². The molecule has 0 radical (unpaired) electrons. The zero-order valence-corrected chi connectivity index (χ0v) is 9.90. The summed E-state index contributed by atoms with van der Waals surface area (Å²) >= 11 is 0. The lowest BCUT2D eigenvalue weighted by Gasteiger charge is -2.20. The zero-order valence-electron chi connectivity index (χ0n) is 9.90. The third kappa shape index (κ3) is 3.13. The molecule has 0 fully saturated rings. The summed E-state index contributed by atoms with van der Waals surface area (Å²) in [5.74, 6) is 6.84. The van der Waals surface area contributed by atoms with Crippen LogP contribution in [0, 0.1) is 0 Å². The first-order valence-electron chi connectivity index (χ1n) is 4.98. The molecule has 88 valence electrons. The number of hydrazine groups is 1. The van der Waals surface area contributed by atoms with Crippen LogP contribution in [0.5, 0.6) is 5.75 Å². The van der Waals surface area contributed by atoms with E-state index in [2.05, 4.69) is 10.4 Å². The Labute approximate surface area is 95.9 Å². The highest BCUT2D eigenvalue weighted by Gasteiger charge is 2.05. The number of nitrogens with two attached hydrogens (primary N) is 1. The summed E-state index contributed by atoms with van der Waals surface area (Å²) in [4.78, 5) is 5.95. The average Bonchev–Trinajstić information content (AvgIpc) is 2.31. The molecule has 0 saturated carbocycles. The van der Waals surface area contributed by atoms with Crippen molar-refractivity contribution in [1.29, 1.82) is 0 Å². The van der Waals surface area contributed by atoms with Gasteiger partial charge in [-0.1, -0.05) is 12.1 Å². The maximum atomic E-state index is 5.35. The number of ether oxygens (including phenoxy) is 1. The first-order valence-corrected chi connectivity index (χ1v) is 4.98. The summed E-state index contributed by atoms with van der Waals surface area (Å²) in [6, 6.07) is 7.89. The molecule has 0 spiro atoms. The van der Waals surface area contributed by atoms with E-state index in [1.165, 1.54) is 0 Å². The summed E-state index contributed by atoms with van der Waals surface area (Å²) < 4.78 is 5.16. The molecule has 0 aromatic heterocycles. The first kappa shape index (κ1) is 12.3. The molecule has 5 nitrogen and oxygen atoms in total. The molecule has 5 heteroatoms. The molecule has 3 N–H and O–H groups in total. The molecule has 0 aliphatic carbocycles. The third-order valence-electron chi connectivity index (χ3n) is 2.26. The first-order chi connectivity index (χ1) is 7.71. The highest BCUT2D eigenvalue weighted by molar-refractivity contribution is 5.78. The minimum absolute atomic E-state index is 0.641. The van der Waals surface area contributed by atoms with Crippen LogP contribution in [0.4, 0.5) is 0 Å². The predicted molar refractivity (Wildman–Crippen MR) is 65.1 cm³/mol. The molecule has 0 heterocycles. The van der Waals surface area contributed by atoms with Crippen molar-refractivity contribution in [2.24, 2.45) is 10.8 Å². The standard InChI is InChI=1S/C11H18N4O/c1-13-11(14-12)15(2)8-9-5-4-6-10(7-9)16-3/h4-7H,8,12H2,1-3H3,(H,13,14). The van der Waals surface area contributed by atoms with Crippen LogP contribution in [0.25, 0.3) is 0 Å². The molecule has 0 aliphatic heterocycles. The molecule has 0 unspecified atom stereocenters. The molecular weight excluding hydrogens is 204 g/mol. The Morgan fingerprint density at radius 3 is 2.88 bits per heavy atom. The Morgan fingerprint density at radius 2 is 2.31 bits per heavy atom. The van der Waals surface area contributed by atoms with Crippen molar-refractivity contribution in [2.75, 3.05) is 21.2 Å². The number of hydrogen-bond acceptors (Lipinski definition) is 3. The largest absolute Gasteiger partial charge is 0.497 e. The van der Waals surface area contributed by atoms with E-state index in [0.717, 1.165) is 11.3 Å². The Kier molecular flexibility index (Phi) is 4.60. The zero-order chi connectivity index (χ0) is 12.0. The molecule has 16 heavy (non-hydrogen) atoms. The van der Waals surface area contributed by atoms with Crippen LogP contribution >= 0.6 is 0 Å². The van der Waals surface area contributed by atoms with Gasteiger partial charge in [0.1, 0.15) is 5.75 Å². The van der Waals surface area contributed by atoms with Gasteiger partial charge in [-0.3, -0.25) is 10.4 Å². The van der Waals surface area contributed by atoms with Gasteiger partial charge < -0.3 is 9.64 Å². The van der Waals surface area contributed by atoms with Crippen LogP contribution in [-0.4, -0.2) is 32.1 Å². The van der Waals surface area contributed by atoms with E-state index in [1.54, 1.807) is 14.2 Å². The number of nitrogens with zero attached hydrogens (tertiary/aromatic N) is 2. The van der Waals surface area contributed by atoms with Gasteiger partial charge >= 0.3 is 0 Å². The van der Waals surface area contributed by atoms with Crippen molar-refractivity contribution < 1.29 is 4.74 Å². The van der Waals surface area contributed by atoms with E-state index >= 15 is 0 Å². The molecule has 1 aromatic carbocycles. The lowest BCUT2D eigenvalue weighted by atomic mass is 10.2. The quantitative estimate of drug-likeness (QED) is 0.340. The van der Waals surface area contributed by atoms with Gasteiger partial charge in [-0.25, -0.2) is 5.84 Å². The molecule has 0 amide bonds. The van der Waals surface area contributed by atoms with Gasteiger partial charge in [0.25, 0.3) is 0 Å². The second-order valence-corrected chi connectivity index (χ2v) is 3.40. The number of nitrogens with one attached hydrogen (secondary N) is 1. The number of hydrogen-bond donors (Lipinski definition) is 2. The second kappa shape index (κ2) is 5.97. The van der Waals surface area contributed by atoms with Gasteiger partial charge in [0.05, 0.1) is 7.11 Å². The third-order valence-corrected chi connectivity index (χ3v) is 2.26. The Bertz CT molecular complexity index is 365. The SMILES string of the molecule is CN=C(NN)N(C)Cc1cccc(OC)c1. The monoisotopic (exact) mass is 222 g/mol. The minimum Gasteiger partial charge on any atom is -0.497 e. The van der Waals surface area contributed by atoms with Crippen LogP contribution in [-0.2, 0) is 6.54 Å². The Hall–Kier alpha value is -1.75. The fourth-order valence-electron chi connectivity index (χ4n) is 1.47. The maximum Gasteiger partial charge on any atom is 0.208 e. The van der Waals surface area contributed by atoms with Crippen LogP contribution in [0.15, 0.2) is 29.3 Å². The van der Waals surface area contributed by atoms with Crippen molar-refractivity contribution in [3.05, 3.63) is 29.8 Å². The highest BCUT2D eigenvalue weighted by Crippen LogP contribution is 2.13. The van der Waals surface area contributed by atoms with Gasteiger partial charge in [0.2, 0.25) is 5.96 Å². The van der Waals surface area contributed by atoms with Crippen molar-refractivity contribution in [1.82, 2.24) is 10.3 Å². The average molecular weight is 222 g/mol. The maximum absolute atomic E-state index is 5.35. The molecule has 1 aromatic rings. The van der Waals surface area contributed by atoms with Crippen LogP contribution in [0.1, 0.15) is 5.56 Å². The van der Waals surface area contributed by atoms with Crippen molar-refractivity contribution in [2.45, 2.75) is 6.54 Å². The van der Waals surface area contributed by atoms with Crippen molar-refractivity contribution in [3.8, 4) is 5.75 Å². The molecule has 0 saturated heterocycles. The van der Waals surface area contributed by atoms with Crippen LogP contribution in [0.2, 0.25) is 0 Å². The Morgan fingerprint density at radius 1 is 1.56 bits per heavy atom. The van der Waals surface area contributed by atoms with Crippen LogP contribution < -0.4 is 16.0 Å². The number of rotatable bonds is 3. The molecule has 1 rings (SSSR count). The second-order valence-electron chi connectivity index (χ2n) is 3.40. The lowest BCUT2D eigenvalue weighted by Crippen LogP contribution is -2.42. The fourth-order valence-corrected chi connectivity index (χ4v) is 1.47. The molecule has 0 bridgehead atoms. The van der Waals surface area contributed by atoms with Gasteiger partial charge in [-0.15, -0.1) is 0 Å². The fraction of sp³-hybridized carbons (Fsp3) is 0.364. The van der Waals surface area contributed by atoms with Gasteiger partial charge in [0.15, 0.2) is 0 Å². The van der Waals surface area contributed by atoms with E-state index in [1.807, 2.05) is 36.2 Å². The highest BCUT2D eigenvalue weighted by atomic mass is 16.5. The minimum atomic E-state index is 0.641. The van der Waals surface area contributed by atoms with Gasteiger partial charge in [0, 0.05) is 20.6 Å². The number of aliphatic imine (C=N–C) groups is 1. The normalized spacial score (nSPS) is 11.1. The lowest BCUT2D eigenvalue weighted by molar-refractivity contribution is 0.412. The number of methoxy groups -OCH3 is 1. The number of benzene rings is 1. The smallest absolute Gasteiger partial charge is 0.208 e. The summed E-state index contributed by atoms with van der Waals surface area (Å²) in [6.45, 7) is 0.716. The van der Waals surface area contributed by atoms with E-state index < -0.39 is 0 Å². The molecule has 0 atom stereocenters. The Balaban J connectivity index is 2.72. The van der Waals surface area contributed by atoms with Gasteiger partial charge in [-0.2, -0.15) is 0 Å². The van der Waals surface area contributed by atoms with E-state index in [4.69, 9.17) is 10.6 Å². The number of guanidine groups is 1. The van der Waals surface area contributed by atoms with Gasteiger partial charge in [-0.05, 0) is 17.7 Å². The summed E-state index contributed by atoms with van der Waals surface area (Å²) in [5.41, 5.74) is 3.68. The topological polar surface area (TPSA) is 62.9 Å². The molecule has 0 aliphatic rings.